The zero-order valence-electron chi connectivity index (χ0n) is 12.6. The van der Waals surface area contributed by atoms with E-state index in [1.54, 1.807) is 12.1 Å². The molecule has 0 aromatic heterocycles. The van der Waals surface area contributed by atoms with Crippen molar-refractivity contribution in [3.05, 3.63) is 35.6 Å². The van der Waals surface area contributed by atoms with Crippen molar-refractivity contribution in [3.63, 3.8) is 0 Å². The molecule has 1 aromatic carbocycles. The largest absolute Gasteiger partial charge is 0.380 e. The Hall–Kier alpha value is -0.970. The number of benzene rings is 1. The fourth-order valence-electron chi connectivity index (χ4n) is 3.47. The van der Waals surface area contributed by atoms with E-state index in [2.05, 4.69) is 10.2 Å². The van der Waals surface area contributed by atoms with Crippen molar-refractivity contribution in [1.29, 1.82) is 0 Å². The number of hydrogen-bond donors (Lipinski definition) is 1. The summed E-state index contributed by atoms with van der Waals surface area (Å²) in [5.41, 5.74) is 1.00. The number of ether oxygens (including phenoxy) is 1. The highest BCUT2D eigenvalue weighted by Crippen LogP contribution is 2.32. The van der Waals surface area contributed by atoms with Crippen molar-refractivity contribution < 1.29 is 9.13 Å². The summed E-state index contributed by atoms with van der Waals surface area (Å²) >= 11 is 0. The maximum Gasteiger partial charge on any atom is 0.123 e. The molecule has 116 valence electrons. The lowest BCUT2D eigenvalue weighted by Gasteiger charge is -2.29. The second-order valence-corrected chi connectivity index (χ2v) is 6.32. The molecule has 2 heterocycles. The lowest BCUT2D eigenvalue weighted by molar-refractivity contribution is 0.175. The Balaban J connectivity index is 1.56. The minimum Gasteiger partial charge on any atom is -0.380 e. The Labute approximate surface area is 126 Å². The average Bonchev–Trinajstić information content (AvgIpc) is 3.16. The van der Waals surface area contributed by atoms with Crippen molar-refractivity contribution in [2.75, 3.05) is 45.9 Å². The van der Waals surface area contributed by atoms with Crippen LogP contribution in [0.1, 0.15) is 24.8 Å². The SMILES string of the molecule is Fc1cccc([C@]2(CNCCN3CCCC3)CCOC2)c1. The second-order valence-electron chi connectivity index (χ2n) is 6.32. The first kappa shape index (κ1) is 14.9. The standard InChI is InChI=1S/C17H25FN2O/c18-16-5-3-4-15(12-16)17(6-11-21-14-17)13-19-7-10-20-8-1-2-9-20/h3-5,12,19H,1-2,6-11,13-14H2/t17-/m0/s1. The van der Waals surface area contributed by atoms with Crippen LogP contribution in [-0.4, -0.2) is 50.8 Å². The normalized spacial score (nSPS) is 26.5. The van der Waals surface area contributed by atoms with Crippen LogP contribution in [0.5, 0.6) is 0 Å². The summed E-state index contributed by atoms with van der Waals surface area (Å²) in [5.74, 6) is -0.157. The van der Waals surface area contributed by atoms with Gasteiger partial charge in [-0.15, -0.1) is 0 Å². The summed E-state index contributed by atoms with van der Waals surface area (Å²) in [6.45, 7) is 6.90. The van der Waals surface area contributed by atoms with Crippen molar-refractivity contribution in [3.8, 4) is 0 Å². The quantitative estimate of drug-likeness (QED) is 0.813. The van der Waals surface area contributed by atoms with Crippen LogP contribution in [0.3, 0.4) is 0 Å². The molecule has 3 nitrogen and oxygen atoms in total. The highest BCUT2D eigenvalue weighted by Gasteiger charge is 2.36. The third-order valence-electron chi connectivity index (χ3n) is 4.81. The van der Waals surface area contributed by atoms with E-state index in [0.717, 1.165) is 38.2 Å². The van der Waals surface area contributed by atoms with Crippen LogP contribution in [0.25, 0.3) is 0 Å². The van der Waals surface area contributed by atoms with Gasteiger partial charge in [0.1, 0.15) is 5.82 Å². The monoisotopic (exact) mass is 292 g/mol. The van der Waals surface area contributed by atoms with Crippen LogP contribution in [-0.2, 0) is 10.2 Å². The highest BCUT2D eigenvalue weighted by atomic mass is 19.1. The zero-order valence-corrected chi connectivity index (χ0v) is 12.6. The van der Waals surface area contributed by atoms with E-state index in [-0.39, 0.29) is 11.2 Å². The molecule has 0 saturated carbocycles. The predicted octanol–water partition coefficient (Wildman–Crippen LogP) is 2.17. The average molecular weight is 292 g/mol. The molecular weight excluding hydrogens is 267 g/mol. The van der Waals surface area contributed by atoms with Gasteiger partial charge in [0.25, 0.3) is 0 Å². The summed E-state index contributed by atoms with van der Waals surface area (Å²) in [5, 5.41) is 3.57. The van der Waals surface area contributed by atoms with E-state index in [0.29, 0.717) is 6.61 Å². The maximum absolute atomic E-state index is 13.5. The highest BCUT2D eigenvalue weighted by molar-refractivity contribution is 5.28. The van der Waals surface area contributed by atoms with Gasteiger partial charge >= 0.3 is 0 Å². The Bertz CT molecular complexity index is 454. The van der Waals surface area contributed by atoms with Gasteiger partial charge in [-0.25, -0.2) is 4.39 Å². The van der Waals surface area contributed by atoms with Gasteiger partial charge in [0.05, 0.1) is 6.61 Å². The molecule has 2 aliphatic rings. The van der Waals surface area contributed by atoms with Gasteiger partial charge in [0, 0.05) is 31.7 Å². The van der Waals surface area contributed by atoms with Gasteiger partial charge in [-0.2, -0.15) is 0 Å². The van der Waals surface area contributed by atoms with E-state index in [1.807, 2.05) is 6.07 Å². The third-order valence-corrected chi connectivity index (χ3v) is 4.81. The van der Waals surface area contributed by atoms with E-state index < -0.39 is 0 Å². The molecule has 21 heavy (non-hydrogen) atoms. The summed E-state index contributed by atoms with van der Waals surface area (Å²) in [6.07, 6.45) is 3.63. The number of nitrogens with one attached hydrogen (secondary N) is 1. The number of hydrogen-bond acceptors (Lipinski definition) is 3. The van der Waals surface area contributed by atoms with Crippen LogP contribution in [0.4, 0.5) is 4.39 Å². The topological polar surface area (TPSA) is 24.5 Å². The second kappa shape index (κ2) is 6.86. The molecule has 0 amide bonds. The maximum atomic E-state index is 13.5. The lowest BCUT2D eigenvalue weighted by Crippen LogP contribution is -2.41. The molecule has 0 radical (unpaired) electrons. The van der Waals surface area contributed by atoms with Crippen LogP contribution in [0.2, 0.25) is 0 Å². The smallest absolute Gasteiger partial charge is 0.123 e. The van der Waals surface area contributed by atoms with Gasteiger partial charge in [-0.05, 0) is 50.0 Å². The molecule has 2 fully saturated rings. The van der Waals surface area contributed by atoms with Crippen molar-refractivity contribution >= 4 is 0 Å². The molecule has 0 unspecified atom stereocenters. The van der Waals surface area contributed by atoms with Crippen LogP contribution >= 0.6 is 0 Å². The summed E-state index contributed by atoms with van der Waals surface area (Å²) < 4.78 is 19.1. The first-order valence-corrected chi connectivity index (χ1v) is 8.05. The fourth-order valence-corrected chi connectivity index (χ4v) is 3.47. The summed E-state index contributed by atoms with van der Waals surface area (Å²) in [6, 6.07) is 7.00. The van der Waals surface area contributed by atoms with Crippen LogP contribution < -0.4 is 5.32 Å². The Morgan fingerprint density at radius 3 is 2.86 bits per heavy atom. The molecule has 0 bridgehead atoms. The van der Waals surface area contributed by atoms with Crippen molar-refractivity contribution in [1.82, 2.24) is 10.2 Å². The van der Waals surface area contributed by atoms with E-state index in [4.69, 9.17) is 4.74 Å². The molecule has 0 aliphatic carbocycles. The first-order chi connectivity index (χ1) is 10.3. The van der Waals surface area contributed by atoms with Gasteiger partial charge in [-0.1, -0.05) is 12.1 Å². The number of halogens is 1. The Kier molecular flexibility index (Phi) is 4.88. The number of rotatable bonds is 6. The Morgan fingerprint density at radius 1 is 1.29 bits per heavy atom. The van der Waals surface area contributed by atoms with E-state index in [1.165, 1.54) is 32.0 Å². The van der Waals surface area contributed by atoms with Crippen LogP contribution in [0.15, 0.2) is 24.3 Å². The first-order valence-electron chi connectivity index (χ1n) is 8.05. The van der Waals surface area contributed by atoms with Gasteiger partial charge in [0.2, 0.25) is 0 Å². The molecule has 3 rings (SSSR count). The minimum absolute atomic E-state index is 0.0624. The number of likely N-dealkylation sites (tertiary alicyclic amines) is 1. The molecule has 1 N–H and O–H groups in total. The van der Waals surface area contributed by atoms with E-state index >= 15 is 0 Å². The van der Waals surface area contributed by atoms with Crippen molar-refractivity contribution in [2.24, 2.45) is 0 Å². The van der Waals surface area contributed by atoms with Gasteiger partial charge < -0.3 is 15.0 Å². The molecule has 4 heteroatoms. The lowest BCUT2D eigenvalue weighted by atomic mass is 9.79. The third kappa shape index (κ3) is 3.62. The molecular formula is C17H25FN2O. The minimum atomic E-state index is -0.157. The summed E-state index contributed by atoms with van der Waals surface area (Å²) in [7, 11) is 0. The Morgan fingerprint density at radius 2 is 2.14 bits per heavy atom. The molecule has 1 aromatic rings. The van der Waals surface area contributed by atoms with Gasteiger partial charge in [-0.3, -0.25) is 0 Å². The van der Waals surface area contributed by atoms with E-state index in [9.17, 15) is 4.39 Å². The molecule has 0 spiro atoms. The molecule has 2 saturated heterocycles. The molecule has 2 aliphatic heterocycles. The predicted molar refractivity (Wildman–Crippen MR) is 82.1 cm³/mol. The van der Waals surface area contributed by atoms with Crippen molar-refractivity contribution in [2.45, 2.75) is 24.7 Å². The molecule has 1 atom stereocenters. The summed E-state index contributed by atoms with van der Waals surface area (Å²) in [4.78, 5) is 2.51. The van der Waals surface area contributed by atoms with Gasteiger partial charge in [0.15, 0.2) is 0 Å². The zero-order chi connectivity index (χ0) is 14.5. The van der Waals surface area contributed by atoms with Crippen LogP contribution in [0, 0.1) is 5.82 Å². The fraction of sp³-hybridized carbons (Fsp3) is 0.647. The number of nitrogens with zero attached hydrogens (tertiary/aromatic N) is 1.